The summed E-state index contributed by atoms with van der Waals surface area (Å²) in [4.78, 5) is 12.5. The Morgan fingerprint density at radius 3 is 2.69 bits per heavy atom. The smallest absolute Gasteiger partial charge is 0.258 e. The Balaban J connectivity index is 1.85. The maximum Gasteiger partial charge on any atom is 0.258 e. The summed E-state index contributed by atoms with van der Waals surface area (Å²) in [5.74, 6) is 1.30. The molecule has 1 heterocycles. The molecule has 6 nitrogen and oxygen atoms in total. The lowest BCUT2D eigenvalue weighted by Crippen LogP contribution is -2.13. The van der Waals surface area contributed by atoms with Crippen LogP contribution in [0, 0.1) is 0 Å². The van der Waals surface area contributed by atoms with Crippen LogP contribution in [0.15, 0.2) is 46.9 Å². The lowest BCUT2D eigenvalue weighted by Gasteiger charge is -2.07. The summed E-state index contributed by atoms with van der Waals surface area (Å²) in [6, 6.07) is 12.1. The van der Waals surface area contributed by atoms with E-state index in [1.54, 1.807) is 56.7 Å². The first-order valence-electron chi connectivity index (χ1n) is 7.56. The zero-order chi connectivity index (χ0) is 18.7. The number of anilines is 1. The molecule has 0 unspecified atom stereocenters. The molecule has 1 aromatic heterocycles. The molecular formula is C18H15BrClN3O3. The summed E-state index contributed by atoms with van der Waals surface area (Å²) >= 11 is 9.43. The van der Waals surface area contributed by atoms with E-state index in [0.717, 1.165) is 5.56 Å². The predicted molar refractivity (Wildman–Crippen MR) is 104 cm³/mol. The van der Waals surface area contributed by atoms with Crippen molar-refractivity contribution < 1.29 is 14.3 Å². The van der Waals surface area contributed by atoms with Gasteiger partial charge in [-0.25, -0.2) is 0 Å². The second kappa shape index (κ2) is 7.80. The Hall–Kier alpha value is -2.51. The van der Waals surface area contributed by atoms with Gasteiger partial charge in [-0.3, -0.25) is 9.89 Å². The molecule has 0 saturated carbocycles. The second-order valence-electron chi connectivity index (χ2n) is 5.31. The predicted octanol–water partition coefficient (Wildman–Crippen LogP) is 4.76. The maximum absolute atomic E-state index is 12.5. The van der Waals surface area contributed by atoms with Crippen molar-refractivity contribution in [3.63, 3.8) is 0 Å². The number of amides is 1. The van der Waals surface area contributed by atoms with Crippen LogP contribution in [0.2, 0.25) is 5.02 Å². The Kier molecular flexibility index (Phi) is 5.49. The van der Waals surface area contributed by atoms with Gasteiger partial charge in [0.2, 0.25) is 0 Å². The van der Waals surface area contributed by atoms with Gasteiger partial charge in [0.05, 0.1) is 25.5 Å². The summed E-state index contributed by atoms with van der Waals surface area (Å²) in [7, 11) is 3.12. The van der Waals surface area contributed by atoms with Gasteiger partial charge in [0, 0.05) is 21.1 Å². The molecule has 0 fully saturated rings. The number of rotatable bonds is 5. The number of ether oxygens (including phenoxy) is 2. The number of benzene rings is 2. The largest absolute Gasteiger partial charge is 0.497 e. The van der Waals surface area contributed by atoms with Gasteiger partial charge in [0.1, 0.15) is 11.5 Å². The molecule has 134 valence electrons. The van der Waals surface area contributed by atoms with E-state index in [2.05, 4.69) is 31.4 Å². The third-order valence-corrected chi connectivity index (χ3v) is 4.62. The average molecular weight is 437 g/mol. The van der Waals surface area contributed by atoms with Crippen molar-refractivity contribution in [2.45, 2.75) is 0 Å². The number of carbonyl (C=O) groups excluding carboxylic acids is 1. The number of hydrogen-bond donors (Lipinski definition) is 2. The van der Waals surface area contributed by atoms with E-state index in [0.29, 0.717) is 38.1 Å². The van der Waals surface area contributed by atoms with Gasteiger partial charge in [-0.15, -0.1) is 0 Å². The SMILES string of the molecule is COc1ccc(Br)c(C(=O)Nc2cc(-c3cc(Cl)ccc3OC)[nH]n2)c1. The zero-order valence-electron chi connectivity index (χ0n) is 14.0. The molecule has 0 aliphatic rings. The van der Waals surface area contributed by atoms with E-state index in [1.807, 2.05) is 0 Å². The first-order valence-corrected chi connectivity index (χ1v) is 8.73. The highest BCUT2D eigenvalue weighted by Gasteiger charge is 2.15. The number of nitrogens with one attached hydrogen (secondary N) is 2. The molecule has 0 aliphatic heterocycles. The number of methoxy groups -OCH3 is 2. The summed E-state index contributed by atoms with van der Waals surface area (Å²) in [5.41, 5.74) is 1.86. The van der Waals surface area contributed by atoms with Gasteiger partial charge in [0.25, 0.3) is 5.91 Å². The number of hydrogen-bond acceptors (Lipinski definition) is 4. The zero-order valence-corrected chi connectivity index (χ0v) is 16.3. The molecule has 1 amide bonds. The average Bonchev–Trinajstić information content (AvgIpc) is 3.10. The van der Waals surface area contributed by atoms with Crippen molar-refractivity contribution in [1.82, 2.24) is 10.2 Å². The van der Waals surface area contributed by atoms with E-state index in [4.69, 9.17) is 21.1 Å². The fourth-order valence-electron chi connectivity index (χ4n) is 2.40. The minimum Gasteiger partial charge on any atom is -0.497 e. The minimum absolute atomic E-state index is 0.313. The van der Waals surface area contributed by atoms with Gasteiger partial charge in [-0.05, 0) is 52.3 Å². The van der Waals surface area contributed by atoms with E-state index < -0.39 is 0 Å². The molecule has 0 atom stereocenters. The van der Waals surface area contributed by atoms with Crippen molar-refractivity contribution in [3.8, 4) is 22.8 Å². The summed E-state index contributed by atoms with van der Waals surface area (Å²) in [5, 5.41) is 10.3. The van der Waals surface area contributed by atoms with Crippen LogP contribution in [0.5, 0.6) is 11.5 Å². The monoisotopic (exact) mass is 435 g/mol. The van der Waals surface area contributed by atoms with Crippen molar-refractivity contribution in [3.05, 3.63) is 57.5 Å². The summed E-state index contributed by atoms with van der Waals surface area (Å²) in [6.07, 6.45) is 0. The number of nitrogens with zero attached hydrogens (tertiary/aromatic N) is 1. The topological polar surface area (TPSA) is 76.2 Å². The van der Waals surface area contributed by atoms with Gasteiger partial charge >= 0.3 is 0 Å². The molecular weight excluding hydrogens is 422 g/mol. The first-order chi connectivity index (χ1) is 12.5. The molecule has 0 radical (unpaired) electrons. The molecule has 3 aromatic rings. The Labute approximate surface area is 163 Å². The van der Waals surface area contributed by atoms with Crippen molar-refractivity contribution >= 4 is 39.3 Å². The van der Waals surface area contributed by atoms with Crippen molar-refractivity contribution in [2.24, 2.45) is 0 Å². The van der Waals surface area contributed by atoms with E-state index >= 15 is 0 Å². The number of H-pyrrole nitrogens is 1. The highest BCUT2D eigenvalue weighted by Crippen LogP contribution is 2.32. The van der Waals surface area contributed by atoms with Crippen LogP contribution < -0.4 is 14.8 Å². The number of aromatic amines is 1. The molecule has 3 rings (SSSR count). The van der Waals surface area contributed by atoms with Crippen LogP contribution in [0.25, 0.3) is 11.3 Å². The summed E-state index contributed by atoms with van der Waals surface area (Å²) < 4.78 is 11.2. The van der Waals surface area contributed by atoms with Crippen molar-refractivity contribution in [2.75, 3.05) is 19.5 Å². The molecule has 2 aromatic carbocycles. The highest BCUT2D eigenvalue weighted by molar-refractivity contribution is 9.10. The third kappa shape index (κ3) is 3.84. The number of halogens is 2. The standard InChI is InChI=1S/C18H15BrClN3O3/c1-25-11-4-5-14(19)12(8-11)18(24)21-17-9-15(22-23-17)13-7-10(20)3-6-16(13)26-2/h3-9H,1-2H3,(H2,21,22,23,24). The van der Waals surface area contributed by atoms with E-state index in [-0.39, 0.29) is 5.91 Å². The van der Waals surface area contributed by atoms with Crippen LogP contribution >= 0.6 is 27.5 Å². The second-order valence-corrected chi connectivity index (χ2v) is 6.60. The maximum atomic E-state index is 12.5. The Bertz CT molecular complexity index is 959. The van der Waals surface area contributed by atoms with Crippen LogP contribution in [0.4, 0.5) is 5.82 Å². The molecule has 0 spiro atoms. The molecule has 26 heavy (non-hydrogen) atoms. The molecule has 8 heteroatoms. The van der Waals surface area contributed by atoms with Crippen LogP contribution in [0.1, 0.15) is 10.4 Å². The fraction of sp³-hybridized carbons (Fsp3) is 0.111. The number of aromatic nitrogens is 2. The van der Waals surface area contributed by atoms with E-state index in [9.17, 15) is 4.79 Å². The van der Waals surface area contributed by atoms with Crippen LogP contribution in [-0.2, 0) is 0 Å². The first kappa shape index (κ1) is 18.3. The molecule has 0 aliphatic carbocycles. The van der Waals surface area contributed by atoms with Gasteiger partial charge in [0.15, 0.2) is 5.82 Å². The minimum atomic E-state index is -0.313. The Morgan fingerprint density at radius 2 is 1.96 bits per heavy atom. The fourth-order valence-corrected chi connectivity index (χ4v) is 3.00. The third-order valence-electron chi connectivity index (χ3n) is 3.69. The van der Waals surface area contributed by atoms with Gasteiger partial charge < -0.3 is 14.8 Å². The highest BCUT2D eigenvalue weighted by atomic mass is 79.9. The lowest BCUT2D eigenvalue weighted by molar-refractivity contribution is 0.102. The molecule has 0 saturated heterocycles. The quantitative estimate of drug-likeness (QED) is 0.604. The molecule has 2 N–H and O–H groups in total. The van der Waals surface area contributed by atoms with Crippen molar-refractivity contribution in [1.29, 1.82) is 0 Å². The van der Waals surface area contributed by atoms with Gasteiger partial charge in [-0.2, -0.15) is 5.10 Å². The molecule has 0 bridgehead atoms. The number of carbonyl (C=O) groups is 1. The lowest BCUT2D eigenvalue weighted by atomic mass is 10.1. The normalized spacial score (nSPS) is 10.5. The van der Waals surface area contributed by atoms with Gasteiger partial charge in [-0.1, -0.05) is 11.6 Å². The summed E-state index contributed by atoms with van der Waals surface area (Å²) in [6.45, 7) is 0. The Morgan fingerprint density at radius 1 is 1.15 bits per heavy atom. The van der Waals surface area contributed by atoms with Crippen LogP contribution in [-0.4, -0.2) is 30.3 Å². The van der Waals surface area contributed by atoms with E-state index in [1.165, 1.54) is 0 Å². The van der Waals surface area contributed by atoms with Crippen LogP contribution in [0.3, 0.4) is 0 Å².